The van der Waals surface area contributed by atoms with E-state index in [1.807, 2.05) is 42.5 Å². The molecule has 0 spiro atoms. The second kappa shape index (κ2) is 7.40. The maximum absolute atomic E-state index is 12.5. The summed E-state index contributed by atoms with van der Waals surface area (Å²) in [5.74, 6) is -0.519. The lowest BCUT2D eigenvalue weighted by atomic mass is 10.1. The standard InChI is InChI=1S/C20H12Cl2N2O/c21-17-8-4-9-18(22)16(17)11-14(12-23)20(25)24-19-10-3-6-13-5-1-2-7-15(13)19/h1-11H,(H,24,25)/b14-11+. The number of halogens is 2. The molecule has 0 fully saturated rings. The normalized spacial score (nSPS) is 11.2. The number of nitriles is 1. The van der Waals surface area contributed by atoms with Crippen LogP contribution >= 0.6 is 23.2 Å². The van der Waals surface area contributed by atoms with Gasteiger partial charge < -0.3 is 5.32 Å². The number of carbonyl (C=O) groups excluding carboxylic acids is 1. The quantitative estimate of drug-likeness (QED) is 0.477. The summed E-state index contributed by atoms with van der Waals surface area (Å²) in [7, 11) is 0. The fraction of sp³-hybridized carbons (Fsp3) is 0. The van der Waals surface area contributed by atoms with Gasteiger partial charge in [-0.05, 0) is 29.7 Å². The van der Waals surface area contributed by atoms with Crippen molar-refractivity contribution in [1.82, 2.24) is 0 Å². The Hall–Kier alpha value is -2.80. The van der Waals surface area contributed by atoms with Crippen LogP contribution in [0.1, 0.15) is 5.56 Å². The van der Waals surface area contributed by atoms with Crippen molar-refractivity contribution in [1.29, 1.82) is 5.26 Å². The molecule has 0 unspecified atom stereocenters. The summed E-state index contributed by atoms with van der Waals surface area (Å²) < 4.78 is 0. The number of benzene rings is 3. The zero-order chi connectivity index (χ0) is 17.8. The van der Waals surface area contributed by atoms with Crippen LogP contribution in [0, 0.1) is 11.3 Å². The average Bonchev–Trinajstić information content (AvgIpc) is 2.62. The first-order chi connectivity index (χ1) is 12.1. The Morgan fingerprint density at radius 1 is 0.960 bits per heavy atom. The maximum atomic E-state index is 12.5. The van der Waals surface area contributed by atoms with Crippen molar-refractivity contribution in [3.05, 3.63) is 81.8 Å². The second-order valence-electron chi connectivity index (χ2n) is 5.29. The number of nitrogens with one attached hydrogen (secondary N) is 1. The molecule has 0 atom stereocenters. The lowest BCUT2D eigenvalue weighted by Gasteiger charge is -2.08. The Bertz CT molecular complexity index is 1010. The first kappa shape index (κ1) is 17.0. The van der Waals surface area contributed by atoms with Gasteiger partial charge in [-0.3, -0.25) is 4.79 Å². The molecule has 0 aliphatic heterocycles. The van der Waals surface area contributed by atoms with Gasteiger partial charge in [0.15, 0.2) is 0 Å². The van der Waals surface area contributed by atoms with Gasteiger partial charge in [0.2, 0.25) is 0 Å². The van der Waals surface area contributed by atoms with E-state index in [9.17, 15) is 10.1 Å². The van der Waals surface area contributed by atoms with Gasteiger partial charge in [-0.25, -0.2) is 0 Å². The summed E-state index contributed by atoms with van der Waals surface area (Å²) in [6, 6.07) is 20.2. The number of nitrogens with zero attached hydrogens (tertiary/aromatic N) is 1. The van der Waals surface area contributed by atoms with Gasteiger partial charge in [-0.1, -0.05) is 65.7 Å². The van der Waals surface area contributed by atoms with Crippen molar-refractivity contribution in [2.75, 3.05) is 5.32 Å². The van der Waals surface area contributed by atoms with Crippen molar-refractivity contribution in [2.24, 2.45) is 0 Å². The molecule has 25 heavy (non-hydrogen) atoms. The predicted octanol–water partition coefficient (Wildman–Crippen LogP) is 5.69. The molecule has 0 aliphatic rings. The minimum absolute atomic E-state index is 0.0806. The highest BCUT2D eigenvalue weighted by Crippen LogP contribution is 2.27. The lowest BCUT2D eigenvalue weighted by molar-refractivity contribution is -0.112. The summed E-state index contributed by atoms with van der Waals surface area (Å²) in [4.78, 5) is 12.5. The number of hydrogen-bond acceptors (Lipinski definition) is 2. The molecule has 3 aromatic carbocycles. The molecule has 0 aliphatic carbocycles. The van der Waals surface area contributed by atoms with Gasteiger partial charge in [0.25, 0.3) is 5.91 Å². The molecule has 0 bridgehead atoms. The van der Waals surface area contributed by atoms with E-state index >= 15 is 0 Å². The molecule has 0 aromatic heterocycles. The topological polar surface area (TPSA) is 52.9 Å². The van der Waals surface area contributed by atoms with E-state index in [1.165, 1.54) is 6.08 Å². The average molecular weight is 367 g/mol. The third-order valence-electron chi connectivity index (χ3n) is 3.69. The largest absolute Gasteiger partial charge is 0.321 e. The zero-order valence-electron chi connectivity index (χ0n) is 13.0. The van der Waals surface area contributed by atoms with Gasteiger partial charge in [0, 0.05) is 26.7 Å². The summed E-state index contributed by atoms with van der Waals surface area (Å²) in [5, 5.41) is 14.8. The molecule has 0 heterocycles. The number of hydrogen-bond donors (Lipinski definition) is 1. The highest BCUT2D eigenvalue weighted by atomic mass is 35.5. The molecule has 3 nitrogen and oxygen atoms in total. The molecule has 1 amide bonds. The summed E-state index contributed by atoms with van der Waals surface area (Å²) in [5.41, 5.74) is 0.993. The SMILES string of the molecule is N#C/C(=C\c1c(Cl)cccc1Cl)C(=O)Nc1cccc2ccccc12. The van der Waals surface area contributed by atoms with Crippen molar-refractivity contribution in [3.8, 4) is 6.07 Å². The Labute approximate surface area is 155 Å². The van der Waals surface area contributed by atoms with Crippen molar-refractivity contribution < 1.29 is 4.79 Å². The molecule has 0 saturated heterocycles. The molecule has 1 N–H and O–H groups in total. The highest BCUT2D eigenvalue weighted by molar-refractivity contribution is 6.37. The van der Waals surface area contributed by atoms with E-state index in [4.69, 9.17) is 23.2 Å². The summed E-state index contributed by atoms with van der Waals surface area (Å²) in [6.07, 6.45) is 1.39. The van der Waals surface area contributed by atoms with Gasteiger partial charge in [-0.15, -0.1) is 0 Å². The minimum atomic E-state index is -0.519. The zero-order valence-corrected chi connectivity index (χ0v) is 14.5. The Morgan fingerprint density at radius 3 is 2.32 bits per heavy atom. The third kappa shape index (κ3) is 3.66. The Kier molecular flexibility index (Phi) is 5.04. The van der Waals surface area contributed by atoms with Crippen LogP contribution in [0.2, 0.25) is 10.0 Å². The van der Waals surface area contributed by atoms with E-state index in [0.29, 0.717) is 21.3 Å². The van der Waals surface area contributed by atoms with Crippen molar-refractivity contribution in [3.63, 3.8) is 0 Å². The fourth-order valence-electron chi connectivity index (χ4n) is 2.47. The van der Waals surface area contributed by atoms with Crippen LogP contribution < -0.4 is 5.32 Å². The molecule has 0 saturated carbocycles. The minimum Gasteiger partial charge on any atom is -0.321 e. The molecule has 0 radical (unpaired) electrons. The lowest BCUT2D eigenvalue weighted by Crippen LogP contribution is -2.13. The molecular formula is C20H12Cl2N2O. The first-order valence-electron chi connectivity index (χ1n) is 7.45. The van der Waals surface area contributed by atoms with E-state index < -0.39 is 5.91 Å². The summed E-state index contributed by atoms with van der Waals surface area (Å²) in [6.45, 7) is 0. The van der Waals surface area contributed by atoms with Gasteiger partial charge in [0.05, 0.1) is 0 Å². The van der Waals surface area contributed by atoms with Crippen LogP contribution in [-0.4, -0.2) is 5.91 Å². The van der Waals surface area contributed by atoms with Crippen LogP contribution in [0.3, 0.4) is 0 Å². The smallest absolute Gasteiger partial charge is 0.266 e. The molecule has 5 heteroatoms. The number of anilines is 1. The predicted molar refractivity (Wildman–Crippen MR) is 103 cm³/mol. The first-order valence-corrected chi connectivity index (χ1v) is 8.20. The molecule has 122 valence electrons. The number of fused-ring (bicyclic) bond motifs is 1. The van der Waals surface area contributed by atoms with Crippen LogP contribution in [0.5, 0.6) is 0 Å². The van der Waals surface area contributed by atoms with Gasteiger partial charge in [0.1, 0.15) is 11.6 Å². The maximum Gasteiger partial charge on any atom is 0.266 e. The van der Waals surface area contributed by atoms with Crippen LogP contribution in [0.15, 0.2) is 66.2 Å². The molecular weight excluding hydrogens is 355 g/mol. The third-order valence-corrected chi connectivity index (χ3v) is 4.35. The van der Waals surface area contributed by atoms with Crippen molar-refractivity contribution in [2.45, 2.75) is 0 Å². The number of amides is 1. The Balaban J connectivity index is 1.96. The van der Waals surface area contributed by atoms with E-state index in [0.717, 1.165) is 10.8 Å². The highest BCUT2D eigenvalue weighted by Gasteiger charge is 2.13. The van der Waals surface area contributed by atoms with Gasteiger partial charge >= 0.3 is 0 Å². The monoisotopic (exact) mass is 366 g/mol. The van der Waals surface area contributed by atoms with Crippen molar-refractivity contribution >= 4 is 51.6 Å². The van der Waals surface area contributed by atoms with E-state index in [2.05, 4.69) is 5.32 Å². The van der Waals surface area contributed by atoms with E-state index in [-0.39, 0.29) is 5.57 Å². The Morgan fingerprint density at radius 2 is 1.60 bits per heavy atom. The van der Waals surface area contributed by atoms with Crippen LogP contribution in [0.25, 0.3) is 16.8 Å². The number of carbonyl (C=O) groups is 1. The second-order valence-corrected chi connectivity index (χ2v) is 6.10. The van der Waals surface area contributed by atoms with Crippen LogP contribution in [-0.2, 0) is 4.79 Å². The molecule has 3 rings (SSSR count). The number of rotatable bonds is 3. The van der Waals surface area contributed by atoms with Gasteiger partial charge in [-0.2, -0.15) is 5.26 Å². The molecule has 3 aromatic rings. The summed E-state index contributed by atoms with van der Waals surface area (Å²) >= 11 is 12.2. The fourth-order valence-corrected chi connectivity index (χ4v) is 2.97. The van der Waals surface area contributed by atoms with Crippen LogP contribution in [0.4, 0.5) is 5.69 Å². The van der Waals surface area contributed by atoms with E-state index in [1.54, 1.807) is 24.3 Å².